The van der Waals surface area contributed by atoms with Gasteiger partial charge in [-0.05, 0) is 51.4 Å². The highest BCUT2D eigenvalue weighted by molar-refractivity contribution is 7.10. The van der Waals surface area contributed by atoms with E-state index >= 15 is 0 Å². The zero-order valence-electron chi connectivity index (χ0n) is 10.4. The van der Waals surface area contributed by atoms with Crippen molar-refractivity contribution in [1.29, 1.82) is 0 Å². The van der Waals surface area contributed by atoms with E-state index < -0.39 is 0 Å². The van der Waals surface area contributed by atoms with Crippen LogP contribution in [-0.2, 0) is 0 Å². The summed E-state index contributed by atoms with van der Waals surface area (Å²) in [4.78, 5) is 3.56. The molecule has 2 atom stereocenters. The van der Waals surface area contributed by atoms with Crippen LogP contribution in [0.3, 0.4) is 0 Å². The first-order chi connectivity index (χ1) is 6.91. The minimum atomic E-state index is 0.0352. The first-order valence-corrected chi connectivity index (χ1v) is 6.27. The van der Waals surface area contributed by atoms with Crippen LogP contribution in [-0.4, -0.2) is 24.5 Å². The Bertz CT molecular complexity index is 319. The van der Waals surface area contributed by atoms with Gasteiger partial charge in [0.05, 0.1) is 0 Å². The topological polar surface area (TPSA) is 29.3 Å². The van der Waals surface area contributed by atoms with Gasteiger partial charge in [-0.25, -0.2) is 0 Å². The van der Waals surface area contributed by atoms with Crippen molar-refractivity contribution in [2.45, 2.75) is 38.8 Å². The SMILES string of the molecule is CCC(C)(C(N)c1csc(C)c1)N(C)C. The molecule has 0 saturated heterocycles. The van der Waals surface area contributed by atoms with E-state index in [1.54, 1.807) is 11.3 Å². The lowest BCUT2D eigenvalue weighted by molar-refractivity contribution is 0.132. The Morgan fingerprint density at radius 1 is 1.53 bits per heavy atom. The molecule has 2 nitrogen and oxygen atoms in total. The van der Waals surface area contributed by atoms with Gasteiger partial charge in [0.1, 0.15) is 0 Å². The molecule has 0 amide bonds. The fraction of sp³-hybridized carbons (Fsp3) is 0.667. The molecule has 1 aromatic rings. The molecule has 0 fully saturated rings. The maximum atomic E-state index is 6.36. The predicted molar refractivity (Wildman–Crippen MR) is 68.4 cm³/mol. The molecule has 0 aliphatic carbocycles. The quantitative estimate of drug-likeness (QED) is 0.855. The number of hydrogen-bond acceptors (Lipinski definition) is 3. The van der Waals surface area contributed by atoms with E-state index in [0.29, 0.717) is 0 Å². The molecule has 86 valence electrons. The molecule has 15 heavy (non-hydrogen) atoms. The van der Waals surface area contributed by atoms with Gasteiger partial charge in [0.15, 0.2) is 0 Å². The van der Waals surface area contributed by atoms with Crippen LogP contribution in [0.25, 0.3) is 0 Å². The maximum Gasteiger partial charge on any atom is 0.0487 e. The van der Waals surface area contributed by atoms with Gasteiger partial charge in [-0.15, -0.1) is 11.3 Å². The lowest BCUT2D eigenvalue weighted by Gasteiger charge is -2.40. The van der Waals surface area contributed by atoms with E-state index in [0.717, 1.165) is 6.42 Å². The molecule has 1 heterocycles. The zero-order chi connectivity index (χ0) is 11.6. The van der Waals surface area contributed by atoms with E-state index in [1.165, 1.54) is 10.4 Å². The van der Waals surface area contributed by atoms with E-state index in [-0.39, 0.29) is 11.6 Å². The zero-order valence-corrected chi connectivity index (χ0v) is 11.2. The van der Waals surface area contributed by atoms with Gasteiger partial charge in [0, 0.05) is 16.5 Å². The molecule has 3 heteroatoms. The second kappa shape index (κ2) is 4.64. The fourth-order valence-corrected chi connectivity index (χ4v) is 2.54. The normalized spacial score (nSPS) is 17.8. The third-order valence-corrected chi connectivity index (χ3v) is 4.40. The highest BCUT2D eigenvalue weighted by Crippen LogP contribution is 2.32. The number of nitrogens with zero attached hydrogens (tertiary/aromatic N) is 1. The van der Waals surface area contributed by atoms with Crippen LogP contribution < -0.4 is 5.73 Å². The molecule has 2 N–H and O–H groups in total. The molecular formula is C12H22N2S. The highest BCUT2D eigenvalue weighted by atomic mass is 32.1. The third-order valence-electron chi connectivity index (χ3n) is 3.52. The minimum absolute atomic E-state index is 0.0352. The van der Waals surface area contributed by atoms with Gasteiger partial charge in [0.25, 0.3) is 0 Å². The second-order valence-electron chi connectivity index (χ2n) is 4.57. The molecule has 0 saturated carbocycles. The Hall–Kier alpha value is -0.380. The van der Waals surface area contributed by atoms with Crippen LogP contribution in [0.5, 0.6) is 0 Å². The molecule has 1 rings (SSSR count). The van der Waals surface area contributed by atoms with Crippen molar-refractivity contribution < 1.29 is 0 Å². The molecule has 1 aromatic heterocycles. The van der Waals surface area contributed by atoms with E-state index in [2.05, 4.69) is 51.2 Å². The van der Waals surface area contributed by atoms with Gasteiger partial charge in [-0.3, -0.25) is 0 Å². The Morgan fingerprint density at radius 2 is 2.13 bits per heavy atom. The van der Waals surface area contributed by atoms with Crippen molar-refractivity contribution in [3.8, 4) is 0 Å². The Balaban J connectivity index is 2.96. The molecule has 0 spiro atoms. The first-order valence-electron chi connectivity index (χ1n) is 5.40. The standard InChI is InChI=1S/C12H22N2S/c1-6-12(3,14(4)5)11(13)10-7-9(2)15-8-10/h7-8,11H,6,13H2,1-5H3. The first kappa shape index (κ1) is 12.7. The number of aryl methyl sites for hydroxylation is 1. The summed E-state index contributed by atoms with van der Waals surface area (Å²) in [6.07, 6.45) is 1.05. The number of rotatable bonds is 4. The monoisotopic (exact) mass is 226 g/mol. The predicted octanol–water partition coefficient (Wildman–Crippen LogP) is 2.79. The Kier molecular flexibility index (Phi) is 3.93. The number of nitrogens with two attached hydrogens (primary N) is 1. The molecule has 0 aromatic carbocycles. The van der Waals surface area contributed by atoms with Gasteiger partial charge in [0.2, 0.25) is 0 Å². The summed E-state index contributed by atoms with van der Waals surface area (Å²) < 4.78 is 0. The summed E-state index contributed by atoms with van der Waals surface area (Å²) in [6, 6.07) is 2.29. The molecule has 0 aliphatic heterocycles. The van der Waals surface area contributed by atoms with E-state index in [9.17, 15) is 0 Å². The summed E-state index contributed by atoms with van der Waals surface area (Å²) in [6.45, 7) is 6.55. The minimum Gasteiger partial charge on any atom is -0.322 e. The summed E-state index contributed by atoms with van der Waals surface area (Å²) in [5.74, 6) is 0. The van der Waals surface area contributed by atoms with Crippen molar-refractivity contribution in [3.05, 3.63) is 21.9 Å². The van der Waals surface area contributed by atoms with Crippen molar-refractivity contribution >= 4 is 11.3 Å². The summed E-state index contributed by atoms with van der Waals surface area (Å²) in [5, 5.41) is 2.18. The largest absolute Gasteiger partial charge is 0.322 e. The van der Waals surface area contributed by atoms with Crippen LogP contribution >= 0.6 is 11.3 Å². The molecule has 0 aliphatic rings. The average molecular weight is 226 g/mol. The molecule has 2 unspecified atom stereocenters. The third kappa shape index (κ3) is 2.41. The summed E-state index contributed by atoms with van der Waals surface area (Å²) in [5.41, 5.74) is 7.66. The lowest BCUT2D eigenvalue weighted by Crippen LogP contribution is -2.49. The van der Waals surface area contributed by atoms with Gasteiger partial charge < -0.3 is 10.6 Å². The molecule has 0 radical (unpaired) electrons. The van der Waals surface area contributed by atoms with Crippen molar-refractivity contribution in [1.82, 2.24) is 4.90 Å². The van der Waals surface area contributed by atoms with Crippen molar-refractivity contribution in [2.75, 3.05) is 14.1 Å². The smallest absolute Gasteiger partial charge is 0.0487 e. The van der Waals surface area contributed by atoms with E-state index in [1.807, 2.05) is 0 Å². The number of hydrogen-bond donors (Lipinski definition) is 1. The van der Waals surface area contributed by atoms with E-state index in [4.69, 9.17) is 5.73 Å². The Morgan fingerprint density at radius 3 is 2.47 bits per heavy atom. The summed E-state index contributed by atoms with van der Waals surface area (Å²) in [7, 11) is 4.20. The molecule has 0 bridgehead atoms. The van der Waals surface area contributed by atoms with Crippen LogP contribution in [0, 0.1) is 6.92 Å². The average Bonchev–Trinajstić information content (AvgIpc) is 2.62. The summed E-state index contributed by atoms with van der Waals surface area (Å²) >= 11 is 1.77. The number of likely N-dealkylation sites (N-methyl/N-ethyl adjacent to an activating group) is 1. The van der Waals surface area contributed by atoms with Crippen molar-refractivity contribution in [3.63, 3.8) is 0 Å². The fourth-order valence-electron chi connectivity index (χ4n) is 1.80. The van der Waals surface area contributed by atoms with Crippen LogP contribution in [0.1, 0.15) is 36.8 Å². The van der Waals surface area contributed by atoms with Crippen molar-refractivity contribution in [2.24, 2.45) is 5.73 Å². The van der Waals surface area contributed by atoms with Gasteiger partial charge in [-0.2, -0.15) is 0 Å². The molecular weight excluding hydrogens is 204 g/mol. The Labute approximate surface area is 97.1 Å². The number of thiophene rings is 1. The van der Waals surface area contributed by atoms with Gasteiger partial charge >= 0.3 is 0 Å². The van der Waals surface area contributed by atoms with Crippen LogP contribution in [0.2, 0.25) is 0 Å². The van der Waals surface area contributed by atoms with Crippen LogP contribution in [0.4, 0.5) is 0 Å². The van der Waals surface area contributed by atoms with Crippen LogP contribution in [0.15, 0.2) is 11.4 Å². The van der Waals surface area contributed by atoms with Gasteiger partial charge in [-0.1, -0.05) is 6.92 Å². The second-order valence-corrected chi connectivity index (χ2v) is 5.69. The highest BCUT2D eigenvalue weighted by Gasteiger charge is 2.33. The maximum absolute atomic E-state index is 6.36. The lowest BCUT2D eigenvalue weighted by atomic mass is 9.85.